The number of thioether (sulfide) groups is 1. The molecule has 2 saturated heterocycles. The molecule has 0 aromatic carbocycles. The number of carbonyl (C=O) groups is 2. The molecular formula is C23H36N2O3S. The number of fused-ring (bicyclic) bond motifs is 1. The van der Waals surface area contributed by atoms with E-state index in [1.54, 1.807) is 0 Å². The Balaban J connectivity index is 1.32. The summed E-state index contributed by atoms with van der Waals surface area (Å²) in [5.74, 6) is 2.57. The third-order valence-corrected chi connectivity index (χ3v) is 8.46. The lowest BCUT2D eigenvalue weighted by Crippen LogP contribution is -2.51. The summed E-state index contributed by atoms with van der Waals surface area (Å²) in [6.07, 6.45) is 11.6. The Morgan fingerprint density at radius 3 is 2.52 bits per heavy atom. The fraction of sp³-hybridized carbons (Fsp3) is 0.826. The van der Waals surface area contributed by atoms with Crippen molar-refractivity contribution in [2.75, 3.05) is 25.4 Å². The Morgan fingerprint density at radius 1 is 1.03 bits per heavy atom. The number of carbonyl (C=O) groups excluding carboxylic acids is 2. The van der Waals surface area contributed by atoms with Crippen molar-refractivity contribution >= 4 is 23.8 Å². The average molecular weight is 421 g/mol. The van der Waals surface area contributed by atoms with Crippen LogP contribution in [0.25, 0.3) is 0 Å². The first-order valence-electron chi connectivity index (χ1n) is 11.6. The summed E-state index contributed by atoms with van der Waals surface area (Å²) in [6.45, 7) is 6.24. The van der Waals surface area contributed by atoms with Gasteiger partial charge in [0.05, 0.1) is 12.0 Å². The minimum atomic E-state index is -0.188. The molecule has 5 nitrogen and oxygen atoms in total. The normalized spacial score (nSPS) is 30.9. The first kappa shape index (κ1) is 21.1. The molecule has 3 unspecified atom stereocenters. The summed E-state index contributed by atoms with van der Waals surface area (Å²) in [6, 6.07) is 0.502. The Kier molecular flexibility index (Phi) is 6.77. The number of amides is 2. The van der Waals surface area contributed by atoms with E-state index in [2.05, 4.69) is 11.0 Å². The van der Waals surface area contributed by atoms with E-state index in [0.29, 0.717) is 17.9 Å². The summed E-state index contributed by atoms with van der Waals surface area (Å²) >= 11 is 1.88. The van der Waals surface area contributed by atoms with Crippen molar-refractivity contribution in [3.05, 3.63) is 11.0 Å². The van der Waals surface area contributed by atoms with Crippen LogP contribution in [0.3, 0.4) is 0 Å². The molecule has 2 amide bonds. The zero-order chi connectivity index (χ0) is 20.4. The van der Waals surface area contributed by atoms with Gasteiger partial charge in [-0.05, 0) is 69.1 Å². The Labute approximate surface area is 179 Å². The zero-order valence-corrected chi connectivity index (χ0v) is 18.8. The van der Waals surface area contributed by atoms with Gasteiger partial charge in [-0.1, -0.05) is 18.9 Å². The summed E-state index contributed by atoms with van der Waals surface area (Å²) in [5.41, 5.74) is 0. The maximum atomic E-state index is 13.3. The third kappa shape index (κ3) is 4.78. The molecule has 1 aliphatic carbocycles. The molecule has 0 bridgehead atoms. The van der Waals surface area contributed by atoms with Gasteiger partial charge in [0, 0.05) is 31.4 Å². The van der Waals surface area contributed by atoms with E-state index in [4.69, 9.17) is 4.74 Å². The number of hydrogen-bond donors (Lipinski definition) is 0. The van der Waals surface area contributed by atoms with Crippen molar-refractivity contribution in [3.63, 3.8) is 0 Å². The van der Waals surface area contributed by atoms with Crippen LogP contribution in [0.2, 0.25) is 0 Å². The van der Waals surface area contributed by atoms with Crippen LogP contribution >= 0.6 is 11.8 Å². The van der Waals surface area contributed by atoms with Crippen LogP contribution in [0.15, 0.2) is 11.0 Å². The smallest absolute Gasteiger partial charge is 0.410 e. The Morgan fingerprint density at radius 2 is 1.76 bits per heavy atom. The first-order valence-corrected chi connectivity index (χ1v) is 12.6. The van der Waals surface area contributed by atoms with Gasteiger partial charge in [0.2, 0.25) is 5.91 Å². The average Bonchev–Trinajstić information content (AvgIpc) is 3.23. The molecule has 3 fully saturated rings. The lowest BCUT2D eigenvalue weighted by Gasteiger charge is -2.44. The van der Waals surface area contributed by atoms with E-state index in [9.17, 15) is 9.59 Å². The van der Waals surface area contributed by atoms with Gasteiger partial charge in [0.1, 0.15) is 0 Å². The minimum Gasteiger partial charge on any atom is -0.447 e. The number of allylic oxidation sites excluding steroid dienone is 1. The predicted molar refractivity (Wildman–Crippen MR) is 117 cm³/mol. The maximum absolute atomic E-state index is 13.3. The quantitative estimate of drug-likeness (QED) is 0.666. The molecular weight excluding hydrogens is 384 g/mol. The summed E-state index contributed by atoms with van der Waals surface area (Å²) < 4.78 is 5.33. The van der Waals surface area contributed by atoms with Crippen LogP contribution < -0.4 is 0 Å². The van der Waals surface area contributed by atoms with Gasteiger partial charge in [-0.15, -0.1) is 11.8 Å². The van der Waals surface area contributed by atoms with Crippen LogP contribution in [-0.4, -0.2) is 59.3 Å². The lowest BCUT2D eigenvalue weighted by molar-refractivity contribution is -0.139. The van der Waals surface area contributed by atoms with E-state index < -0.39 is 0 Å². The second-order valence-electron chi connectivity index (χ2n) is 9.47. The monoisotopic (exact) mass is 420 g/mol. The topological polar surface area (TPSA) is 49.9 Å². The number of ether oxygens (including phenoxy) is 1. The number of likely N-dealkylation sites (tertiary alicyclic amines) is 2. The number of piperidine rings is 2. The van der Waals surface area contributed by atoms with Crippen molar-refractivity contribution < 1.29 is 14.3 Å². The van der Waals surface area contributed by atoms with E-state index in [1.165, 1.54) is 43.4 Å². The van der Waals surface area contributed by atoms with Gasteiger partial charge in [-0.2, -0.15) is 0 Å². The highest BCUT2D eigenvalue weighted by Crippen LogP contribution is 2.41. The fourth-order valence-corrected chi connectivity index (χ4v) is 6.95. The van der Waals surface area contributed by atoms with Gasteiger partial charge in [0.15, 0.2) is 0 Å². The predicted octanol–water partition coefficient (Wildman–Crippen LogP) is 4.67. The van der Waals surface area contributed by atoms with E-state index in [1.807, 2.05) is 30.5 Å². The van der Waals surface area contributed by atoms with Crippen LogP contribution in [0.1, 0.15) is 65.2 Å². The molecule has 0 aromatic heterocycles. The molecule has 0 spiro atoms. The molecule has 4 aliphatic rings. The van der Waals surface area contributed by atoms with E-state index in [0.717, 1.165) is 44.1 Å². The van der Waals surface area contributed by atoms with Gasteiger partial charge < -0.3 is 14.5 Å². The molecule has 3 heterocycles. The standard InChI is InChI=1S/C23H36N2O3S/c1-16(2)28-23(27)24-12-9-18(10-13-24)21-14-19(15-29-21)22(26)25-11-5-7-17-6-3-4-8-20(17)25/h14,16-20H,3-13,15H2,1-2H3. The van der Waals surface area contributed by atoms with Crippen molar-refractivity contribution in [1.82, 2.24) is 9.80 Å². The number of nitrogens with zero attached hydrogens (tertiary/aromatic N) is 2. The highest BCUT2D eigenvalue weighted by molar-refractivity contribution is 8.03. The number of hydrogen-bond acceptors (Lipinski definition) is 4. The van der Waals surface area contributed by atoms with Crippen molar-refractivity contribution in [2.24, 2.45) is 17.8 Å². The highest BCUT2D eigenvalue weighted by atomic mass is 32.2. The van der Waals surface area contributed by atoms with Gasteiger partial charge >= 0.3 is 6.09 Å². The van der Waals surface area contributed by atoms with Gasteiger partial charge in [0.25, 0.3) is 0 Å². The third-order valence-electron chi connectivity index (χ3n) is 7.13. The molecule has 1 saturated carbocycles. The Hall–Kier alpha value is -1.17. The molecule has 162 valence electrons. The van der Waals surface area contributed by atoms with Crippen LogP contribution in [0, 0.1) is 17.8 Å². The summed E-state index contributed by atoms with van der Waals surface area (Å²) in [5, 5.41) is 0. The van der Waals surface area contributed by atoms with Crippen LogP contribution in [0.4, 0.5) is 4.79 Å². The zero-order valence-electron chi connectivity index (χ0n) is 18.0. The van der Waals surface area contributed by atoms with Crippen molar-refractivity contribution in [1.29, 1.82) is 0 Å². The Bertz CT molecular complexity index is 640. The molecule has 0 N–H and O–H groups in total. The second kappa shape index (κ2) is 9.32. The largest absolute Gasteiger partial charge is 0.447 e. The molecule has 3 aliphatic heterocycles. The first-order chi connectivity index (χ1) is 14.0. The molecule has 6 heteroatoms. The van der Waals surface area contributed by atoms with Crippen molar-refractivity contribution in [2.45, 2.75) is 77.4 Å². The van der Waals surface area contributed by atoms with Crippen LogP contribution in [0.5, 0.6) is 0 Å². The molecule has 3 atom stereocenters. The van der Waals surface area contributed by atoms with E-state index in [-0.39, 0.29) is 18.1 Å². The number of rotatable bonds is 3. The molecule has 4 rings (SSSR count). The van der Waals surface area contributed by atoms with Gasteiger partial charge in [-0.3, -0.25) is 4.79 Å². The van der Waals surface area contributed by atoms with E-state index >= 15 is 0 Å². The van der Waals surface area contributed by atoms with Crippen molar-refractivity contribution in [3.8, 4) is 0 Å². The van der Waals surface area contributed by atoms with Gasteiger partial charge in [-0.25, -0.2) is 4.79 Å². The highest BCUT2D eigenvalue weighted by Gasteiger charge is 2.39. The fourth-order valence-electron chi connectivity index (χ4n) is 5.61. The lowest BCUT2D eigenvalue weighted by atomic mass is 9.78. The SMILES string of the molecule is CC(C)OC(=O)N1CCC(C2=CC(C(=O)N3CCCC4CCCCC43)CS2)CC1. The molecule has 29 heavy (non-hydrogen) atoms. The summed E-state index contributed by atoms with van der Waals surface area (Å²) in [7, 11) is 0. The minimum absolute atomic E-state index is 0.0552. The molecule has 0 aromatic rings. The maximum Gasteiger partial charge on any atom is 0.410 e. The second-order valence-corrected chi connectivity index (χ2v) is 10.6. The molecule has 0 radical (unpaired) electrons. The van der Waals surface area contributed by atoms with Crippen LogP contribution in [-0.2, 0) is 9.53 Å². The summed E-state index contributed by atoms with van der Waals surface area (Å²) in [4.78, 5) is 30.9.